The molecule has 6 heteroatoms. The van der Waals surface area contributed by atoms with E-state index in [4.69, 9.17) is 5.73 Å². The number of rotatable bonds is 5. The first kappa shape index (κ1) is 17.0. The van der Waals surface area contributed by atoms with Crippen molar-refractivity contribution >= 4 is 5.91 Å². The highest BCUT2D eigenvalue weighted by molar-refractivity contribution is 5.81. The average Bonchev–Trinajstić information content (AvgIpc) is 2.52. The fourth-order valence-corrected chi connectivity index (χ4v) is 2.30. The molecule has 2 aromatic rings. The highest BCUT2D eigenvalue weighted by Gasteiger charge is 2.30. The number of carbonyl (C=O) groups excluding carboxylic acids is 1. The standard InChI is InChI=1S/C17H17F3N2O/c1-11(12-7-9-14(10-8-12)17(18,19)20)22-15(16(21)23)13-5-3-2-4-6-13/h2-11,15,22H,1H3,(H2,21,23)/t11-,15+/m1/s1. The molecule has 0 saturated carbocycles. The lowest BCUT2D eigenvalue weighted by molar-refractivity contribution is -0.137. The summed E-state index contributed by atoms with van der Waals surface area (Å²) in [6.45, 7) is 1.77. The second kappa shape index (κ2) is 6.83. The molecule has 0 radical (unpaired) electrons. The molecule has 0 aliphatic rings. The zero-order valence-electron chi connectivity index (χ0n) is 12.5. The summed E-state index contributed by atoms with van der Waals surface area (Å²) in [5.41, 5.74) is 6.07. The van der Waals surface area contributed by atoms with E-state index in [2.05, 4.69) is 5.32 Å². The summed E-state index contributed by atoms with van der Waals surface area (Å²) in [4.78, 5) is 11.7. The summed E-state index contributed by atoms with van der Waals surface area (Å²) in [5, 5.41) is 3.05. The molecule has 0 aliphatic carbocycles. The number of alkyl halides is 3. The number of hydrogen-bond donors (Lipinski definition) is 2. The molecule has 0 saturated heterocycles. The van der Waals surface area contributed by atoms with Crippen LogP contribution in [0.2, 0.25) is 0 Å². The van der Waals surface area contributed by atoms with E-state index < -0.39 is 23.7 Å². The molecular formula is C17H17F3N2O. The Labute approximate surface area is 132 Å². The van der Waals surface area contributed by atoms with Crippen molar-refractivity contribution in [2.45, 2.75) is 25.2 Å². The van der Waals surface area contributed by atoms with Gasteiger partial charge in [-0.1, -0.05) is 42.5 Å². The molecule has 2 aromatic carbocycles. The number of benzene rings is 2. The van der Waals surface area contributed by atoms with E-state index in [0.29, 0.717) is 11.1 Å². The highest BCUT2D eigenvalue weighted by atomic mass is 19.4. The Morgan fingerprint density at radius 1 is 1.00 bits per heavy atom. The molecule has 0 aliphatic heterocycles. The first-order chi connectivity index (χ1) is 10.8. The molecule has 0 spiro atoms. The summed E-state index contributed by atoms with van der Waals surface area (Å²) in [6, 6.07) is 12.7. The van der Waals surface area contributed by atoms with Crippen LogP contribution in [0.1, 0.15) is 35.7 Å². The van der Waals surface area contributed by atoms with Crippen molar-refractivity contribution in [3.8, 4) is 0 Å². The fraction of sp³-hybridized carbons (Fsp3) is 0.235. The van der Waals surface area contributed by atoms with Crippen molar-refractivity contribution in [2.24, 2.45) is 5.73 Å². The second-order valence-electron chi connectivity index (χ2n) is 5.25. The fourth-order valence-electron chi connectivity index (χ4n) is 2.30. The molecule has 3 N–H and O–H groups in total. The van der Waals surface area contributed by atoms with E-state index in [9.17, 15) is 18.0 Å². The number of amides is 1. The third-order valence-corrected chi connectivity index (χ3v) is 3.57. The van der Waals surface area contributed by atoms with Crippen molar-refractivity contribution in [2.75, 3.05) is 0 Å². The average molecular weight is 322 g/mol. The molecule has 0 heterocycles. The van der Waals surface area contributed by atoms with Gasteiger partial charge in [0.15, 0.2) is 0 Å². The van der Waals surface area contributed by atoms with Gasteiger partial charge in [0.25, 0.3) is 0 Å². The van der Waals surface area contributed by atoms with Crippen LogP contribution in [0, 0.1) is 0 Å². The van der Waals surface area contributed by atoms with Gasteiger partial charge in [0.05, 0.1) is 5.56 Å². The summed E-state index contributed by atoms with van der Waals surface area (Å²) in [5.74, 6) is -0.546. The van der Waals surface area contributed by atoms with Gasteiger partial charge in [-0.05, 0) is 30.2 Å². The molecule has 0 bridgehead atoms. The lowest BCUT2D eigenvalue weighted by Gasteiger charge is -2.22. The minimum atomic E-state index is -4.37. The third kappa shape index (κ3) is 4.32. The Balaban J connectivity index is 2.16. The number of nitrogens with two attached hydrogens (primary N) is 1. The Morgan fingerprint density at radius 2 is 1.57 bits per heavy atom. The molecule has 2 rings (SSSR count). The maximum Gasteiger partial charge on any atom is 0.416 e. The molecule has 0 fully saturated rings. The van der Waals surface area contributed by atoms with Gasteiger partial charge in [-0.2, -0.15) is 13.2 Å². The summed E-state index contributed by atoms with van der Waals surface area (Å²) in [7, 11) is 0. The summed E-state index contributed by atoms with van der Waals surface area (Å²) >= 11 is 0. The summed E-state index contributed by atoms with van der Waals surface area (Å²) < 4.78 is 37.7. The van der Waals surface area contributed by atoms with Crippen LogP contribution >= 0.6 is 0 Å². The number of primary amides is 1. The van der Waals surface area contributed by atoms with Crippen molar-refractivity contribution in [3.05, 3.63) is 71.3 Å². The second-order valence-corrected chi connectivity index (χ2v) is 5.25. The lowest BCUT2D eigenvalue weighted by Crippen LogP contribution is -2.35. The van der Waals surface area contributed by atoms with E-state index in [1.807, 2.05) is 6.07 Å². The van der Waals surface area contributed by atoms with Crippen LogP contribution in [0.3, 0.4) is 0 Å². The summed E-state index contributed by atoms with van der Waals surface area (Å²) in [6.07, 6.45) is -4.37. The predicted octanol–water partition coefficient (Wildman–Crippen LogP) is 3.58. The largest absolute Gasteiger partial charge is 0.416 e. The minimum absolute atomic E-state index is 0.338. The zero-order valence-corrected chi connectivity index (χ0v) is 12.5. The lowest BCUT2D eigenvalue weighted by atomic mass is 10.0. The Morgan fingerprint density at radius 3 is 2.04 bits per heavy atom. The van der Waals surface area contributed by atoms with Crippen molar-refractivity contribution in [1.29, 1.82) is 0 Å². The van der Waals surface area contributed by atoms with Crippen LogP contribution in [0.15, 0.2) is 54.6 Å². The SMILES string of the molecule is C[C@@H](N[C@H](C(N)=O)c1ccccc1)c1ccc(C(F)(F)F)cc1. The molecule has 3 nitrogen and oxygen atoms in total. The maximum atomic E-state index is 12.6. The van der Waals surface area contributed by atoms with E-state index >= 15 is 0 Å². The van der Waals surface area contributed by atoms with Crippen LogP contribution < -0.4 is 11.1 Å². The van der Waals surface area contributed by atoms with Crippen molar-refractivity contribution in [1.82, 2.24) is 5.32 Å². The van der Waals surface area contributed by atoms with Crippen LogP contribution in [0.25, 0.3) is 0 Å². The van der Waals surface area contributed by atoms with Gasteiger partial charge in [0.1, 0.15) is 6.04 Å². The van der Waals surface area contributed by atoms with Crippen molar-refractivity contribution in [3.63, 3.8) is 0 Å². The van der Waals surface area contributed by atoms with Crippen LogP contribution in [-0.4, -0.2) is 5.91 Å². The first-order valence-electron chi connectivity index (χ1n) is 7.06. The molecular weight excluding hydrogens is 305 g/mol. The van der Waals surface area contributed by atoms with Gasteiger partial charge in [0, 0.05) is 6.04 Å². The van der Waals surface area contributed by atoms with Crippen LogP contribution in [0.5, 0.6) is 0 Å². The molecule has 0 aromatic heterocycles. The van der Waals surface area contributed by atoms with Gasteiger partial charge in [-0.3, -0.25) is 10.1 Å². The first-order valence-corrected chi connectivity index (χ1v) is 7.06. The van der Waals surface area contributed by atoms with Gasteiger partial charge >= 0.3 is 6.18 Å². The van der Waals surface area contributed by atoms with E-state index in [0.717, 1.165) is 12.1 Å². The Kier molecular flexibility index (Phi) is 5.05. The molecule has 0 unspecified atom stereocenters. The Bertz CT molecular complexity index is 654. The van der Waals surface area contributed by atoms with Gasteiger partial charge in [0.2, 0.25) is 5.91 Å². The van der Waals surface area contributed by atoms with Crippen LogP contribution in [0.4, 0.5) is 13.2 Å². The number of carbonyl (C=O) groups is 1. The predicted molar refractivity (Wildman–Crippen MR) is 81.4 cm³/mol. The third-order valence-electron chi connectivity index (χ3n) is 3.57. The molecule has 122 valence electrons. The highest BCUT2D eigenvalue weighted by Crippen LogP contribution is 2.30. The molecule has 2 atom stereocenters. The van der Waals surface area contributed by atoms with E-state index in [1.54, 1.807) is 31.2 Å². The maximum absolute atomic E-state index is 12.6. The minimum Gasteiger partial charge on any atom is -0.368 e. The quantitative estimate of drug-likeness (QED) is 0.884. The van der Waals surface area contributed by atoms with Gasteiger partial charge < -0.3 is 5.73 Å². The van der Waals surface area contributed by atoms with E-state index in [-0.39, 0.29) is 6.04 Å². The normalized spacial score (nSPS) is 14.3. The smallest absolute Gasteiger partial charge is 0.368 e. The van der Waals surface area contributed by atoms with Gasteiger partial charge in [-0.25, -0.2) is 0 Å². The van der Waals surface area contributed by atoms with Crippen molar-refractivity contribution < 1.29 is 18.0 Å². The zero-order chi connectivity index (χ0) is 17.0. The molecule has 23 heavy (non-hydrogen) atoms. The Hall–Kier alpha value is -2.34. The topological polar surface area (TPSA) is 55.1 Å². The number of hydrogen-bond acceptors (Lipinski definition) is 2. The monoisotopic (exact) mass is 322 g/mol. The van der Waals surface area contributed by atoms with E-state index in [1.165, 1.54) is 12.1 Å². The van der Waals surface area contributed by atoms with Crippen LogP contribution in [-0.2, 0) is 11.0 Å². The van der Waals surface area contributed by atoms with Gasteiger partial charge in [-0.15, -0.1) is 0 Å². The number of halogens is 3. The number of nitrogens with one attached hydrogen (secondary N) is 1. The molecule has 1 amide bonds.